The molecule has 0 bridgehead atoms. The summed E-state index contributed by atoms with van der Waals surface area (Å²) in [6.07, 6.45) is 3.96. The summed E-state index contributed by atoms with van der Waals surface area (Å²) in [6, 6.07) is 1.28. The normalized spacial score (nSPS) is 15.3. The minimum Gasteiger partial charge on any atom is -0.495 e. The summed E-state index contributed by atoms with van der Waals surface area (Å²) in [5.74, 6) is -0.672. The van der Waals surface area contributed by atoms with Crippen molar-refractivity contribution in [3.05, 3.63) is 18.5 Å². The SMILES string of the molecule is COc1cncc(S(=O)(=O)N(CCC(=O)O)C2CC2)c1. The zero-order chi connectivity index (χ0) is 14.8. The second-order valence-corrected chi connectivity index (χ2v) is 6.44. The second kappa shape index (κ2) is 5.76. The molecule has 1 aliphatic carbocycles. The van der Waals surface area contributed by atoms with Crippen LogP contribution in [0, 0.1) is 0 Å². The highest BCUT2D eigenvalue weighted by Crippen LogP contribution is 2.32. The van der Waals surface area contributed by atoms with Gasteiger partial charge in [-0.05, 0) is 12.8 Å². The summed E-state index contributed by atoms with van der Waals surface area (Å²) in [5, 5.41) is 8.73. The quantitative estimate of drug-likeness (QED) is 0.797. The van der Waals surface area contributed by atoms with Gasteiger partial charge in [0.15, 0.2) is 0 Å². The summed E-state index contributed by atoms with van der Waals surface area (Å²) in [6.45, 7) is -0.0282. The molecular weight excluding hydrogens is 284 g/mol. The van der Waals surface area contributed by atoms with Crippen LogP contribution in [0.1, 0.15) is 19.3 Å². The van der Waals surface area contributed by atoms with Crippen LogP contribution in [0.2, 0.25) is 0 Å². The average molecular weight is 300 g/mol. The molecule has 0 radical (unpaired) electrons. The van der Waals surface area contributed by atoms with E-state index in [4.69, 9.17) is 9.84 Å². The van der Waals surface area contributed by atoms with Gasteiger partial charge in [-0.2, -0.15) is 4.31 Å². The van der Waals surface area contributed by atoms with Crippen LogP contribution in [0.3, 0.4) is 0 Å². The molecule has 1 saturated carbocycles. The summed E-state index contributed by atoms with van der Waals surface area (Å²) < 4.78 is 31.3. The number of pyridine rings is 1. The number of ether oxygens (including phenoxy) is 1. The Labute approximate surface area is 117 Å². The lowest BCUT2D eigenvalue weighted by atomic mass is 10.4. The van der Waals surface area contributed by atoms with Gasteiger partial charge in [0.2, 0.25) is 10.0 Å². The average Bonchev–Trinajstić information content (AvgIpc) is 3.23. The summed E-state index contributed by atoms with van der Waals surface area (Å²) in [5.41, 5.74) is 0. The van der Waals surface area contributed by atoms with Crippen molar-refractivity contribution in [2.24, 2.45) is 0 Å². The van der Waals surface area contributed by atoms with Gasteiger partial charge in [0, 0.05) is 24.8 Å². The topological polar surface area (TPSA) is 96.8 Å². The Kier molecular flexibility index (Phi) is 4.24. The molecule has 0 saturated heterocycles. The van der Waals surface area contributed by atoms with E-state index in [0.29, 0.717) is 5.75 Å². The molecule has 1 aliphatic rings. The zero-order valence-electron chi connectivity index (χ0n) is 11.0. The first-order valence-electron chi connectivity index (χ1n) is 6.18. The molecule has 1 N–H and O–H groups in total. The Morgan fingerprint density at radius 3 is 2.75 bits per heavy atom. The minimum atomic E-state index is -3.74. The van der Waals surface area contributed by atoms with Crippen LogP contribution in [0.4, 0.5) is 0 Å². The van der Waals surface area contributed by atoms with Crippen molar-refractivity contribution in [1.29, 1.82) is 0 Å². The Morgan fingerprint density at radius 2 is 2.20 bits per heavy atom. The third-order valence-corrected chi connectivity index (χ3v) is 4.95. The predicted octanol–water partition coefficient (Wildman–Crippen LogP) is 0.718. The smallest absolute Gasteiger partial charge is 0.304 e. The van der Waals surface area contributed by atoms with Crippen LogP contribution >= 0.6 is 0 Å². The Bertz CT molecular complexity index is 598. The summed E-state index contributed by atoms with van der Waals surface area (Å²) in [7, 11) is -2.31. The molecule has 1 aromatic heterocycles. The molecular formula is C12H16N2O5S. The van der Waals surface area contributed by atoms with Crippen molar-refractivity contribution in [2.45, 2.75) is 30.2 Å². The molecule has 1 fully saturated rings. The largest absolute Gasteiger partial charge is 0.495 e. The second-order valence-electron chi connectivity index (χ2n) is 4.55. The maximum Gasteiger partial charge on any atom is 0.304 e. The van der Waals surface area contributed by atoms with Crippen LogP contribution < -0.4 is 4.74 Å². The first kappa shape index (κ1) is 14.7. The third kappa shape index (κ3) is 3.26. The highest BCUT2D eigenvalue weighted by atomic mass is 32.2. The van der Waals surface area contributed by atoms with Gasteiger partial charge in [0.25, 0.3) is 0 Å². The molecule has 1 heterocycles. The van der Waals surface area contributed by atoms with E-state index in [2.05, 4.69) is 4.98 Å². The van der Waals surface area contributed by atoms with E-state index in [9.17, 15) is 13.2 Å². The number of aliphatic carboxylic acids is 1. The van der Waals surface area contributed by atoms with E-state index in [1.165, 1.54) is 29.9 Å². The van der Waals surface area contributed by atoms with E-state index < -0.39 is 16.0 Å². The van der Waals surface area contributed by atoms with Gasteiger partial charge < -0.3 is 9.84 Å². The number of carboxylic acids is 1. The number of carboxylic acid groups (broad SMARTS) is 1. The van der Waals surface area contributed by atoms with Crippen molar-refractivity contribution in [3.63, 3.8) is 0 Å². The number of hydrogen-bond acceptors (Lipinski definition) is 5. The van der Waals surface area contributed by atoms with Crippen LogP contribution in [0.25, 0.3) is 0 Å². The predicted molar refractivity (Wildman–Crippen MR) is 70.0 cm³/mol. The van der Waals surface area contributed by atoms with Crippen LogP contribution in [0.5, 0.6) is 5.75 Å². The van der Waals surface area contributed by atoms with Gasteiger partial charge in [-0.3, -0.25) is 9.78 Å². The third-order valence-electron chi connectivity index (χ3n) is 3.03. The molecule has 110 valence electrons. The lowest BCUT2D eigenvalue weighted by Gasteiger charge is -2.21. The fraction of sp³-hybridized carbons (Fsp3) is 0.500. The number of aromatic nitrogens is 1. The number of hydrogen-bond donors (Lipinski definition) is 1. The molecule has 0 atom stereocenters. The minimum absolute atomic E-state index is 0.0224. The van der Waals surface area contributed by atoms with E-state index in [1.54, 1.807) is 0 Å². The fourth-order valence-corrected chi connectivity index (χ4v) is 3.52. The zero-order valence-corrected chi connectivity index (χ0v) is 11.8. The van der Waals surface area contributed by atoms with Crippen molar-refractivity contribution >= 4 is 16.0 Å². The number of carbonyl (C=O) groups is 1. The van der Waals surface area contributed by atoms with Gasteiger partial charge in [-0.1, -0.05) is 0 Å². The van der Waals surface area contributed by atoms with E-state index in [0.717, 1.165) is 12.8 Å². The molecule has 8 heteroatoms. The summed E-state index contributed by atoms with van der Waals surface area (Å²) in [4.78, 5) is 14.5. The van der Waals surface area contributed by atoms with Crippen molar-refractivity contribution in [1.82, 2.24) is 9.29 Å². The first-order chi connectivity index (χ1) is 9.45. The highest BCUT2D eigenvalue weighted by molar-refractivity contribution is 7.89. The molecule has 0 unspecified atom stereocenters. The number of nitrogens with zero attached hydrogens (tertiary/aromatic N) is 2. The molecule has 20 heavy (non-hydrogen) atoms. The molecule has 0 amide bonds. The monoisotopic (exact) mass is 300 g/mol. The van der Waals surface area contributed by atoms with Gasteiger partial charge in [0.05, 0.1) is 19.7 Å². The fourth-order valence-electron chi connectivity index (χ4n) is 1.85. The molecule has 0 spiro atoms. The van der Waals surface area contributed by atoms with E-state index >= 15 is 0 Å². The molecule has 7 nitrogen and oxygen atoms in total. The molecule has 0 aromatic carbocycles. The van der Waals surface area contributed by atoms with Crippen molar-refractivity contribution in [2.75, 3.05) is 13.7 Å². The van der Waals surface area contributed by atoms with Gasteiger partial charge >= 0.3 is 5.97 Å². The number of sulfonamides is 1. The molecule has 1 aromatic rings. The van der Waals surface area contributed by atoms with Crippen molar-refractivity contribution < 1.29 is 23.1 Å². The summed E-state index contributed by atoms with van der Waals surface area (Å²) >= 11 is 0. The van der Waals surface area contributed by atoms with Gasteiger partial charge in [-0.25, -0.2) is 8.42 Å². The standard InChI is InChI=1S/C12H16N2O5S/c1-19-10-6-11(8-13-7-10)20(17,18)14(9-2-3-9)5-4-12(15)16/h6-9H,2-5H2,1H3,(H,15,16). The number of rotatable bonds is 7. The highest BCUT2D eigenvalue weighted by Gasteiger charge is 2.38. The van der Waals surface area contributed by atoms with Crippen LogP contribution in [0.15, 0.2) is 23.4 Å². The van der Waals surface area contributed by atoms with E-state index in [1.807, 2.05) is 0 Å². The molecule has 2 rings (SSSR count). The molecule has 0 aliphatic heterocycles. The Morgan fingerprint density at radius 1 is 1.50 bits per heavy atom. The van der Waals surface area contributed by atoms with Gasteiger partial charge in [0.1, 0.15) is 10.6 Å². The van der Waals surface area contributed by atoms with Gasteiger partial charge in [-0.15, -0.1) is 0 Å². The lowest BCUT2D eigenvalue weighted by Crippen LogP contribution is -2.35. The number of methoxy groups -OCH3 is 1. The Hall–Kier alpha value is -1.67. The van der Waals surface area contributed by atoms with Crippen molar-refractivity contribution in [3.8, 4) is 5.75 Å². The Balaban J connectivity index is 2.27. The van der Waals surface area contributed by atoms with Crippen LogP contribution in [-0.4, -0.2) is 48.5 Å². The van der Waals surface area contributed by atoms with E-state index in [-0.39, 0.29) is 23.9 Å². The maximum absolute atomic E-state index is 12.5. The first-order valence-corrected chi connectivity index (χ1v) is 7.62. The van der Waals surface area contributed by atoms with Crippen LogP contribution in [-0.2, 0) is 14.8 Å². The lowest BCUT2D eigenvalue weighted by molar-refractivity contribution is -0.137. The maximum atomic E-state index is 12.5.